The molecule has 8 heteroatoms. The van der Waals surface area contributed by atoms with Gasteiger partial charge in [0.05, 0.1) is 20.8 Å². The van der Waals surface area contributed by atoms with E-state index in [9.17, 15) is 0 Å². The van der Waals surface area contributed by atoms with Crippen molar-refractivity contribution in [3.8, 4) is 11.5 Å². The zero-order valence-corrected chi connectivity index (χ0v) is 17.2. The highest BCUT2D eigenvalue weighted by molar-refractivity contribution is 5.53. The third kappa shape index (κ3) is 4.44. The zero-order valence-electron chi connectivity index (χ0n) is 17.2. The molecule has 30 heavy (non-hydrogen) atoms. The first-order valence-electron chi connectivity index (χ1n) is 9.94. The fourth-order valence-electron chi connectivity index (χ4n) is 3.86. The number of rotatable bonds is 7. The molecule has 0 bridgehead atoms. The number of nitrogens with zero attached hydrogens (tertiary/aromatic N) is 4. The van der Waals surface area contributed by atoms with Crippen molar-refractivity contribution in [2.75, 3.05) is 31.8 Å². The molecule has 3 aromatic rings. The summed E-state index contributed by atoms with van der Waals surface area (Å²) >= 11 is 0. The van der Waals surface area contributed by atoms with Crippen LogP contribution in [0.1, 0.15) is 30.3 Å². The Morgan fingerprint density at radius 1 is 1.07 bits per heavy atom. The Morgan fingerprint density at radius 2 is 1.90 bits per heavy atom. The number of nitrogen functional groups attached to an aromatic ring is 1. The topological polar surface area (TPSA) is 98.4 Å². The first kappa shape index (κ1) is 19.9. The largest absolute Gasteiger partial charge is 0.497 e. The highest BCUT2D eigenvalue weighted by Gasteiger charge is 2.29. The number of anilines is 3. The van der Waals surface area contributed by atoms with Gasteiger partial charge in [-0.2, -0.15) is 15.0 Å². The van der Waals surface area contributed by atoms with Gasteiger partial charge in [-0.05, 0) is 49.7 Å². The molecular weight excluding hydrogens is 380 g/mol. The minimum absolute atomic E-state index is 0.193. The number of ether oxygens (including phenoxy) is 2. The van der Waals surface area contributed by atoms with E-state index in [4.69, 9.17) is 15.2 Å². The van der Waals surface area contributed by atoms with E-state index in [1.807, 2.05) is 48.5 Å². The van der Waals surface area contributed by atoms with Gasteiger partial charge in [0.1, 0.15) is 17.3 Å². The van der Waals surface area contributed by atoms with Gasteiger partial charge in [0.2, 0.25) is 11.9 Å². The van der Waals surface area contributed by atoms with Crippen molar-refractivity contribution in [1.29, 1.82) is 0 Å². The molecule has 0 amide bonds. The van der Waals surface area contributed by atoms with Gasteiger partial charge in [0.15, 0.2) is 0 Å². The molecule has 3 N–H and O–H groups in total. The summed E-state index contributed by atoms with van der Waals surface area (Å²) in [4.78, 5) is 15.5. The summed E-state index contributed by atoms with van der Waals surface area (Å²) in [5.41, 5.74) is 7.97. The Kier molecular flexibility index (Phi) is 5.94. The van der Waals surface area contributed by atoms with Crippen LogP contribution in [-0.2, 0) is 6.54 Å². The van der Waals surface area contributed by atoms with E-state index in [2.05, 4.69) is 25.2 Å². The van der Waals surface area contributed by atoms with Crippen LogP contribution < -0.4 is 20.5 Å². The summed E-state index contributed by atoms with van der Waals surface area (Å²) in [7, 11) is 3.37. The minimum atomic E-state index is 0.193. The molecule has 8 nitrogen and oxygen atoms in total. The van der Waals surface area contributed by atoms with Crippen LogP contribution in [0.15, 0.2) is 48.5 Å². The van der Waals surface area contributed by atoms with Crippen LogP contribution in [0.4, 0.5) is 17.6 Å². The summed E-state index contributed by atoms with van der Waals surface area (Å²) in [6.07, 6.45) is 2.11. The summed E-state index contributed by atoms with van der Waals surface area (Å²) in [6.45, 7) is 1.51. The number of likely N-dealkylation sites (tertiary alicyclic amines) is 1. The Hall–Kier alpha value is -3.39. The van der Waals surface area contributed by atoms with Gasteiger partial charge < -0.3 is 20.5 Å². The van der Waals surface area contributed by atoms with E-state index in [0.29, 0.717) is 18.3 Å². The maximum absolute atomic E-state index is 5.96. The second kappa shape index (κ2) is 8.96. The number of nitrogens with two attached hydrogens (primary N) is 1. The monoisotopic (exact) mass is 406 g/mol. The first-order valence-corrected chi connectivity index (χ1v) is 9.94. The number of para-hydroxylation sites is 1. The van der Waals surface area contributed by atoms with Crippen molar-refractivity contribution in [2.24, 2.45) is 0 Å². The quantitative estimate of drug-likeness (QED) is 0.615. The zero-order chi connectivity index (χ0) is 20.9. The summed E-state index contributed by atoms with van der Waals surface area (Å²) in [5.74, 6) is 2.95. The lowest BCUT2D eigenvalue weighted by Crippen LogP contribution is -2.25. The Morgan fingerprint density at radius 3 is 2.67 bits per heavy atom. The molecule has 4 rings (SSSR count). The standard InChI is InChI=1S/C22H26N6O2/c1-29-16-10-11-19(30-2)17(13-16)18-9-6-12-28(18)14-20-25-21(23)27-22(26-20)24-15-7-4-3-5-8-15/h3-5,7-8,10-11,13,18H,6,9,12,14H2,1-2H3,(H3,23,24,25,26,27). The Balaban J connectivity index is 1.56. The number of aromatic nitrogens is 3. The van der Waals surface area contributed by atoms with Crippen molar-refractivity contribution < 1.29 is 9.47 Å². The maximum atomic E-state index is 5.96. The SMILES string of the molecule is COc1ccc(OC)c(C2CCCN2Cc2nc(N)nc(Nc3ccccc3)n2)c1. The molecule has 0 spiro atoms. The number of hydrogen-bond acceptors (Lipinski definition) is 8. The summed E-state index contributed by atoms with van der Waals surface area (Å²) in [5, 5.41) is 3.19. The average molecular weight is 406 g/mol. The molecule has 1 aliphatic heterocycles. The first-order chi connectivity index (χ1) is 14.7. The summed E-state index contributed by atoms with van der Waals surface area (Å²) in [6, 6.07) is 15.9. The van der Waals surface area contributed by atoms with E-state index < -0.39 is 0 Å². The van der Waals surface area contributed by atoms with Gasteiger partial charge >= 0.3 is 0 Å². The fourth-order valence-corrected chi connectivity index (χ4v) is 3.86. The molecule has 0 aliphatic carbocycles. The lowest BCUT2D eigenvalue weighted by atomic mass is 10.0. The van der Waals surface area contributed by atoms with Crippen LogP contribution >= 0.6 is 0 Å². The predicted octanol–water partition coefficient (Wildman–Crippen LogP) is 3.55. The van der Waals surface area contributed by atoms with Gasteiger partial charge in [0.25, 0.3) is 0 Å². The van der Waals surface area contributed by atoms with Crippen molar-refractivity contribution in [3.63, 3.8) is 0 Å². The molecule has 1 aromatic heterocycles. The minimum Gasteiger partial charge on any atom is -0.497 e. The van der Waals surface area contributed by atoms with Crippen LogP contribution in [0, 0.1) is 0 Å². The molecule has 2 heterocycles. The van der Waals surface area contributed by atoms with Gasteiger partial charge in [-0.25, -0.2) is 0 Å². The van der Waals surface area contributed by atoms with Crippen molar-refractivity contribution >= 4 is 17.6 Å². The van der Waals surface area contributed by atoms with Crippen LogP contribution in [0.5, 0.6) is 11.5 Å². The summed E-state index contributed by atoms with van der Waals surface area (Å²) < 4.78 is 11.0. The highest BCUT2D eigenvalue weighted by Crippen LogP contribution is 2.39. The molecule has 1 atom stereocenters. The van der Waals surface area contributed by atoms with Gasteiger partial charge in [-0.3, -0.25) is 4.90 Å². The fraction of sp³-hybridized carbons (Fsp3) is 0.318. The van der Waals surface area contributed by atoms with Gasteiger partial charge in [-0.1, -0.05) is 18.2 Å². The van der Waals surface area contributed by atoms with Crippen LogP contribution in [0.25, 0.3) is 0 Å². The van der Waals surface area contributed by atoms with Crippen molar-refractivity contribution in [3.05, 3.63) is 59.9 Å². The third-order valence-corrected chi connectivity index (χ3v) is 5.23. The number of benzene rings is 2. The number of methoxy groups -OCH3 is 2. The third-order valence-electron chi connectivity index (χ3n) is 5.23. The van der Waals surface area contributed by atoms with E-state index in [1.165, 1.54) is 0 Å². The lowest BCUT2D eigenvalue weighted by Gasteiger charge is -2.26. The van der Waals surface area contributed by atoms with E-state index >= 15 is 0 Å². The molecule has 1 fully saturated rings. The van der Waals surface area contributed by atoms with Crippen molar-refractivity contribution in [1.82, 2.24) is 19.9 Å². The molecule has 2 aromatic carbocycles. The Labute approximate surface area is 176 Å². The van der Waals surface area contributed by atoms with Crippen LogP contribution in [-0.4, -0.2) is 40.6 Å². The van der Waals surface area contributed by atoms with Crippen LogP contribution in [0.2, 0.25) is 0 Å². The van der Waals surface area contributed by atoms with Crippen molar-refractivity contribution in [2.45, 2.75) is 25.4 Å². The molecule has 1 aliphatic rings. The smallest absolute Gasteiger partial charge is 0.232 e. The predicted molar refractivity (Wildman–Crippen MR) is 116 cm³/mol. The van der Waals surface area contributed by atoms with Crippen LogP contribution in [0.3, 0.4) is 0 Å². The average Bonchev–Trinajstić information content (AvgIpc) is 3.21. The number of hydrogen-bond donors (Lipinski definition) is 2. The van der Waals surface area contributed by atoms with E-state index in [0.717, 1.165) is 42.1 Å². The normalized spacial score (nSPS) is 16.4. The van der Waals surface area contributed by atoms with Gasteiger partial charge in [-0.15, -0.1) is 0 Å². The Bertz CT molecular complexity index is 998. The molecule has 0 saturated carbocycles. The lowest BCUT2D eigenvalue weighted by molar-refractivity contribution is 0.236. The molecular formula is C22H26N6O2. The van der Waals surface area contributed by atoms with E-state index in [-0.39, 0.29) is 12.0 Å². The highest BCUT2D eigenvalue weighted by atomic mass is 16.5. The van der Waals surface area contributed by atoms with E-state index in [1.54, 1.807) is 14.2 Å². The second-order valence-corrected chi connectivity index (χ2v) is 7.16. The molecule has 1 unspecified atom stereocenters. The maximum Gasteiger partial charge on any atom is 0.232 e. The van der Waals surface area contributed by atoms with Gasteiger partial charge in [0, 0.05) is 17.3 Å². The second-order valence-electron chi connectivity index (χ2n) is 7.16. The molecule has 0 radical (unpaired) electrons. The number of nitrogens with one attached hydrogen (secondary N) is 1. The molecule has 1 saturated heterocycles. The molecule has 156 valence electrons.